The second-order valence-corrected chi connectivity index (χ2v) is 7.08. The third kappa shape index (κ3) is 4.13. The van der Waals surface area contributed by atoms with E-state index in [1.165, 1.54) is 0 Å². The summed E-state index contributed by atoms with van der Waals surface area (Å²) < 4.78 is 5.74. The highest BCUT2D eigenvalue weighted by Crippen LogP contribution is 2.24. The van der Waals surface area contributed by atoms with Gasteiger partial charge in [-0.1, -0.05) is 6.92 Å². The summed E-state index contributed by atoms with van der Waals surface area (Å²) in [6.07, 6.45) is 0.802. The molecule has 0 bridgehead atoms. The number of nitrogens with one attached hydrogen (secondary N) is 1. The number of benzene rings is 1. The molecule has 0 aliphatic carbocycles. The molecule has 1 aromatic rings. The minimum atomic E-state index is -0.578. The molecular formula is C18H20N6O3. The minimum absolute atomic E-state index is 0.0106. The number of carbonyl (C=O) groups is 2. The SMILES string of the molecule is CCCOc1ccc(C(=O)NC(C)(C)C)cc1C1=NC(=O)C2=NN=NC2=N1. The van der Waals surface area contributed by atoms with Gasteiger partial charge in [-0.25, -0.2) is 4.99 Å². The maximum Gasteiger partial charge on any atom is 0.303 e. The van der Waals surface area contributed by atoms with Crippen molar-refractivity contribution in [3.8, 4) is 5.75 Å². The average Bonchev–Trinajstić information content (AvgIpc) is 3.07. The van der Waals surface area contributed by atoms with Gasteiger partial charge in [0, 0.05) is 11.1 Å². The summed E-state index contributed by atoms with van der Waals surface area (Å²) in [5.74, 6) is -0.118. The fourth-order valence-corrected chi connectivity index (χ4v) is 2.41. The monoisotopic (exact) mass is 368 g/mol. The van der Waals surface area contributed by atoms with E-state index in [4.69, 9.17) is 4.74 Å². The number of nitrogens with zero attached hydrogens (tertiary/aromatic N) is 5. The lowest BCUT2D eigenvalue weighted by Crippen LogP contribution is -2.40. The zero-order valence-electron chi connectivity index (χ0n) is 15.6. The number of hydrogen-bond acceptors (Lipinski definition) is 7. The van der Waals surface area contributed by atoms with Gasteiger partial charge in [0.2, 0.25) is 11.5 Å². The molecule has 2 aliphatic rings. The second kappa shape index (κ2) is 7.18. The molecule has 0 unspecified atom stereocenters. The molecule has 0 saturated heterocycles. The van der Waals surface area contributed by atoms with Crippen molar-refractivity contribution in [3.05, 3.63) is 29.3 Å². The molecule has 1 N–H and O–H groups in total. The van der Waals surface area contributed by atoms with Gasteiger partial charge in [-0.2, -0.15) is 4.99 Å². The van der Waals surface area contributed by atoms with Crippen molar-refractivity contribution in [2.24, 2.45) is 25.4 Å². The van der Waals surface area contributed by atoms with Gasteiger partial charge in [0.05, 0.1) is 12.2 Å². The molecule has 0 radical (unpaired) electrons. The van der Waals surface area contributed by atoms with Gasteiger partial charge in [0.1, 0.15) is 5.75 Å². The molecule has 0 fully saturated rings. The minimum Gasteiger partial charge on any atom is -0.493 e. The summed E-state index contributed by atoms with van der Waals surface area (Å²) in [4.78, 5) is 32.9. The zero-order valence-corrected chi connectivity index (χ0v) is 15.6. The standard InChI is InChI=1S/C18H20N6O3/c1-5-8-27-12-7-6-10(16(25)21-18(2,3)4)9-11(12)14-19-15-13(17(26)20-14)22-24-23-15/h6-7,9H,5,8H2,1-4H3,(H,21,25). The summed E-state index contributed by atoms with van der Waals surface area (Å²) >= 11 is 0. The maximum atomic E-state index is 12.5. The number of hydrogen-bond donors (Lipinski definition) is 1. The van der Waals surface area contributed by atoms with Crippen LogP contribution >= 0.6 is 0 Å². The Bertz CT molecular complexity index is 922. The highest BCUT2D eigenvalue weighted by atomic mass is 16.5. The number of ether oxygens (including phenoxy) is 1. The molecule has 9 nitrogen and oxygen atoms in total. The Hall–Kier alpha value is -3.23. The van der Waals surface area contributed by atoms with Crippen molar-refractivity contribution in [3.63, 3.8) is 0 Å². The third-order valence-electron chi connectivity index (χ3n) is 3.55. The first-order valence-corrected chi connectivity index (χ1v) is 8.59. The molecule has 2 aliphatic heterocycles. The highest BCUT2D eigenvalue weighted by molar-refractivity contribution is 6.69. The maximum absolute atomic E-state index is 12.5. The van der Waals surface area contributed by atoms with Crippen LogP contribution in [0.4, 0.5) is 0 Å². The van der Waals surface area contributed by atoms with E-state index in [-0.39, 0.29) is 28.8 Å². The first kappa shape index (κ1) is 18.6. The fourth-order valence-electron chi connectivity index (χ4n) is 2.41. The van der Waals surface area contributed by atoms with Crippen LogP contribution in [0, 0.1) is 0 Å². The summed E-state index contributed by atoms with van der Waals surface area (Å²) in [5, 5.41) is 13.7. The van der Waals surface area contributed by atoms with Gasteiger partial charge in [-0.3, -0.25) is 9.59 Å². The van der Waals surface area contributed by atoms with Gasteiger partial charge >= 0.3 is 5.91 Å². The number of carbonyl (C=O) groups excluding carboxylic acids is 2. The van der Waals surface area contributed by atoms with Crippen LogP contribution in [0.1, 0.15) is 50.0 Å². The molecule has 0 saturated carbocycles. The normalized spacial score (nSPS) is 15.7. The Morgan fingerprint density at radius 2 is 1.96 bits per heavy atom. The fraction of sp³-hybridized carbons (Fsp3) is 0.389. The zero-order chi connectivity index (χ0) is 19.6. The van der Waals surface area contributed by atoms with Gasteiger partial charge in [0.25, 0.3) is 5.91 Å². The molecule has 0 atom stereocenters. The number of amides is 2. The van der Waals surface area contributed by atoms with E-state index in [0.29, 0.717) is 23.5 Å². The van der Waals surface area contributed by atoms with Crippen LogP contribution in [0.2, 0.25) is 0 Å². The Balaban J connectivity index is 2.02. The number of aliphatic imine (C=N–C) groups is 2. The molecular weight excluding hydrogens is 348 g/mol. The van der Waals surface area contributed by atoms with Gasteiger partial charge < -0.3 is 10.1 Å². The lowest BCUT2D eigenvalue weighted by molar-refractivity contribution is -0.111. The molecule has 2 amide bonds. The largest absolute Gasteiger partial charge is 0.493 e. The predicted molar refractivity (Wildman–Crippen MR) is 101 cm³/mol. The Morgan fingerprint density at radius 3 is 2.67 bits per heavy atom. The molecule has 0 aromatic heterocycles. The van der Waals surface area contributed by atoms with Crippen molar-refractivity contribution < 1.29 is 14.3 Å². The highest BCUT2D eigenvalue weighted by Gasteiger charge is 2.29. The van der Waals surface area contributed by atoms with E-state index >= 15 is 0 Å². The van der Waals surface area contributed by atoms with Gasteiger partial charge in [-0.05, 0) is 50.6 Å². The summed E-state index contributed by atoms with van der Waals surface area (Å²) in [6, 6.07) is 4.95. The van der Waals surface area contributed by atoms with Crippen LogP contribution in [0.25, 0.3) is 0 Å². The van der Waals surface area contributed by atoms with Crippen molar-refractivity contribution in [1.29, 1.82) is 0 Å². The third-order valence-corrected chi connectivity index (χ3v) is 3.55. The number of fused-ring (bicyclic) bond motifs is 1. The van der Waals surface area contributed by atoms with E-state index in [9.17, 15) is 9.59 Å². The first-order chi connectivity index (χ1) is 12.8. The van der Waals surface area contributed by atoms with E-state index in [1.54, 1.807) is 18.2 Å². The molecule has 9 heteroatoms. The van der Waals surface area contributed by atoms with Crippen molar-refractivity contribution in [1.82, 2.24) is 5.32 Å². The molecule has 3 rings (SSSR count). The Labute approximate surface area is 156 Å². The Kier molecular flexibility index (Phi) is 4.93. The van der Waals surface area contributed by atoms with Crippen LogP contribution in [0.15, 0.2) is 43.6 Å². The molecule has 140 valence electrons. The molecule has 1 aromatic carbocycles. The van der Waals surface area contributed by atoms with E-state index in [0.717, 1.165) is 6.42 Å². The van der Waals surface area contributed by atoms with Crippen molar-refractivity contribution in [2.75, 3.05) is 6.61 Å². The topological polar surface area (TPSA) is 117 Å². The molecule has 2 heterocycles. The van der Waals surface area contributed by atoms with Crippen LogP contribution in [0.3, 0.4) is 0 Å². The van der Waals surface area contributed by atoms with E-state index in [2.05, 4.69) is 30.7 Å². The summed E-state index contributed by atoms with van der Waals surface area (Å²) in [7, 11) is 0. The number of rotatable bonds is 5. The van der Waals surface area contributed by atoms with Crippen molar-refractivity contribution in [2.45, 2.75) is 39.7 Å². The van der Waals surface area contributed by atoms with Gasteiger partial charge in [0.15, 0.2) is 5.84 Å². The Morgan fingerprint density at radius 1 is 1.19 bits per heavy atom. The van der Waals surface area contributed by atoms with Crippen LogP contribution in [0.5, 0.6) is 5.75 Å². The number of amidine groups is 2. The van der Waals surface area contributed by atoms with Crippen LogP contribution in [-0.2, 0) is 4.79 Å². The van der Waals surface area contributed by atoms with Crippen LogP contribution < -0.4 is 10.1 Å². The molecule has 27 heavy (non-hydrogen) atoms. The first-order valence-electron chi connectivity index (χ1n) is 8.59. The average molecular weight is 368 g/mol. The predicted octanol–water partition coefficient (Wildman–Crippen LogP) is 2.51. The van der Waals surface area contributed by atoms with Gasteiger partial charge in [-0.15, -0.1) is 10.2 Å². The summed E-state index contributed by atoms with van der Waals surface area (Å²) in [5.41, 5.74) is 0.470. The lowest BCUT2D eigenvalue weighted by atomic mass is 10.0. The van der Waals surface area contributed by atoms with Crippen molar-refractivity contribution >= 4 is 29.2 Å². The van der Waals surface area contributed by atoms with E-state index in [1.807, 2.05) is 27.7 Å². The second-order valence-electron chi connectivity index (χ2n) is 7.08. The van der Waals surface area contributed by atoms with Crippen LogP contribution in [-0.4, -0.2) is 41.3 Å². The van der Waals surface area contributed by atoms with E-state index < -0.39 is 5.91 Å². The molecule has 0 spiro atoms. The smallest absolute Gasteiger partial charge is 0.303 e. The summed E-state index contributed by atoms with van der Waals surface area (Å²) in [6.45, 7) is 8.14. The lowest BCUT2D eigenvalue weighted by Gasteiger charge is -2.21. The quantitative estimate of drug-likeness (QED) is 0.860.